The highest BCUT2D eigenvalue weighted by molar-refractivity contribution is 7.89. The van der Waals surface area contributed by atoms with Gasteiger partial charge in [0.2, 0.25) is 15.9 Å². The number of carbonyl (C=O) groups excluding carboxylic acids is 1. The lowest BCUT2D eigenvalue weighted by atomic mass is 10.2. The summed E-state index contributed by atoms with van der Waals surface area (Å²) in [7, 11) is -3.33. The van der Waals surface area contributed by atoms with Crippen LogP contribution in [-0.4, -0.2) is 32.2 Å². The van der Waals surface area contributed by atoms with Crippen LogP contribution in [0.2, 0.25) is 0 Å². The largest absolute Gasteiger partial charge is 0.352 e. The van der Waals surface area contributed by atoms with Crippen molar-refractivity contribution in [1.29, 1.82) is 0 Å². The van der Waals surface area contributed by atoms with Gasteiger partial charge in [-0.1, -0.05) is 13.8 Å². The second-order valence-electron chi connectivity index (χ2n) is 3.98. The average Bonchev–Trinajstić information content (AvgIpc) is 2.16. The van der Waals surface area contributed by atoms with E-state index in [9.17, 15) is 13.2 Å². The summed E-state index contributed by atoms with van der Waals surface area (Å²) in [6.07, 6.45) is 1.36. The smallest absolute Gasteiger partial charge is 0.238 e. The highest BCUT2D eigenvalue weighted by Gasteiger charge is 2.20. The summed E-state index contributed by atoms with van der Waals surface area (Å²) >= 11 is 0. The van der Waals surface area contributed by atoms with Gasteiger partial charge in [0.25, 0.3) is 0 Å². The third-order valence-corrected chi connectivity index (χ3v) is 3.88. The van der Waals surface area contributed by atoms with E-state index in [-0.39, 0.29) is 17.7 Å². The van der Waals surface area contributed by atoms with Gasteiger partial charge in [-0.2, -0.15) is 0 Å². The highest BCUT2D eigenvalue weighted by Crippen LogP contribution is 1.95. The molecule has 0 radical (unpaired) electrons. The summed E-state index contributed by atoms with van der Waals surface area (Å²) in [6, 6.07) is -0.656. The van der Waals surface area contributed by atoms with Gasteiger partial charge in [0.05, 0.1) is 11.8 Å². The van der Waals surface area contributed by atoms with E-state index in [1.165, 1.54) is 0 Å². The van der Waals surface area contributed by atoms with Gasteiger partial charge in [-0.05, 0) is 26.7 Å². The molecule has 1 amide bonds. The molecule has 0 spiro atoms. The van der Waals surface area contributed by atoms with Gasteiger partial charge < -0.3 is 5.32 Å². The Kier molecular flexibility index (Phi) is 6.59. The molecular formula is C10H22N2O3S. The Labute approximate surface area is 98.0 Å². The van der Waals surface area contributed by atoms with Crippen LogP contribution in [0.4, 0.5) is 0 Å². The first-order valence-corrected chi connectivity index (χ1v) is 7.28. The summed E-state index contributed by atoms with van der Waals surface area (Å²) in [4.78, 5) is 11.6. The fraction of sp³-hybridized carbons (Fsp3) is 0.900. The minimum Gasteiger partial charge on any atom is -0.352 e. The van der Waals surface area contributed by atoms with Gasteiger partial charge in [-0.25, -0.2) is 13.1 Å². The normalized spacial score (nSPS) is 15.5. The summed E-state index contributed by atoms with van der Waals surface area (Å²) in [5, 5.41) is 2.73. The van der Waals surface area contributed by atoms with Crippen LogP contribution in [0.15, 0.2) is 0 Å². The molecule has 0 aliphatic heterocycles. The molecule has 0 rings (SSSR count). The summed E-state index contributed by atoms with van der Waals surface area (Å²) in [6.45, 7) is 7.16. The Morgan fingerprint density at radius 2 is 1.81 bits per heavy atom. The van der Waals surface area contributed by atoms with Crippen LogP contribution in [0.1, 0.15) is 40.5 Å². The average molecular weight is 250 g/mol. The van der Waals surface area contributed by atoms with Crippen LogP contribution >= 0.6 is 0 Å². The molecule has 0 aromatic carbocycles. The van der Waals surface area contributed by atoms with Crippen LogP contribution in [0, 0.1) is 0 Å². The monoisotopic (exact) mass is 250 g/mol. The van der Waals surface area contributed by atoms with Crippen molar-refractivity contribution in [3.63, 3.8) is 0 Å². The summed E-state index contributed by atoms with van der Waals surface area (Å²) < 4.78 is 25.2. The number of hydrogen-bond donors (Lipinski definition) is 2. The summed E-state index contributed by atoms with van der Waals surface area (Å²) in [5.41, 5.74) is 0. The fourth-order valence-electron chi connectivity index (χ4n) is 1.12. The first-order valence-electron chi connectivity index (χ1n) is 5.62. The van der Waals surface area contributed by atoms with Crippen molar-refractivity contribution in [2.24, 2.45) is 0 Å². The molecule has 0 aromatic heterocycles. The molecule has 0 aromatic rings. The number of rotatable bonds is 7. The van der Waals surface area contributed by atoms with Crippen LogP contribution in [0.25, 0.3) is 0 Å². The number of amides is 1. The van der Waals surface area contributed by atoms with Gasteiger partial charge in [0.1, 0.15) is 0 Å². The zero-order chi connectivity index (χ0) is 12.8. The van der Waals surface area contributed by atoms with Crippen molar-refractivity contribution in [1.82, 2.24) is 10.0 Å². The van der Waals surface area contributed by atoms with Crippen LogP contribution in [0.3, 0.4) is 0 Å². The maximum absolute atomic E-state index is 11.6. The van der Waals surface area contributed by atoms with E-state index in [1.54, 1.807) is 13.8 Å². The molecule has 5 nitrogen and oxygen atoms in total. The molecule has 0 fully saturated rings. The van der Waals surface area contributed by atoms with E-state index in [1.807, 2.05) is 13.8 Å². The van der Waals surface area contributed by atoms with Crippen LogP contribution in [-0.2, 0) is 14.8 Å². The highest BCUT2D eigenvalue weighted by atomic mass is 32.2. The quantitative estimate of drug-likeness (QED) is 0.695. The predicted octanol–water partition coefficient (Wildman–Crippen LogP) is 0.619. The topological polar surface area (TPSA) is 75.3 Å². The summed E-state index contributed by atoms with van der Waals surface area (Å²) in [5.74, 6) is -0.234. The molecule has 2 N–H and O–H groups in total. The molecule has 6 heteroatoms. The molecule has 2 unspecified atom stereocenters. The SMILES string of the molecule is CCCS(=O)(=O)NC(C)C(=O)NC(C)CC. The van der Waals surface area contributed by atoms with Crippen molar-refractivity contribution < 1.29 is 13.2 Å². The van der Waals surface area contributed by atoms with Gasteiger partial charge in [0.15, 0.2) is 0 Å². The molecule has 0 saturated heterocycles. The Balaban J connectivity index is 4.25. The standard InChI is InChI=1S/C10H22N2O3S/c1-5-7-16(14,15)12-9(4)10(13)11-8(3)6-2/h8-9,12H,5-7H2,1-4H3,(H,11,13). The van der Waals surface area contributed by atoms with Gasteiger partial charge >= 0.3 is 0 Å². The van der Waals surface area contributed by atoms with Crippen molar-refractivity contribution in [2.45, 2.75) is 52.6 Å². The molecule has 0 aliphatic rings. The maximum atomic E-state index is 11.6. The molecule has 96 valence electrons. The first-order chi connectivity index (χ1) is 7.32. The lowest BCUT2D eigenvalue weighted by Gasteiger charge is -2.17. The zero-order valence-corrected chi connectivity index (χ0v) is 11.2. The van der Waals surface area contributed by atoms with E-state index in [2.05, 4.69) is 10.0 Å². The van der Waals surface area contributed by atoms with E-state index >= 15 is 0 Å². The Bertz CT molecular complexity index is 314. The second-order valence-corrected chi connectivity index (χ2v) is 5.85. The van der Waals surface area contributed by atoms with Crippen LogP contribution in [0.5, 0.6) is 0 Å². The van der Waals surface area contributed by atoms with Crippen molar-refractivity contribution in [3.05, 3.63) is 0 Å². The Hall–Kier alpha value is -0.620. The predicted molar refractivity (Wildman–Crippen MR) is 64.6 cm³/mol. The molecule has 0 aliphatic carbocycles. The molecule has 0 bridgehead atoms. The van der Waals surface area contributed by atoms with Crippen molar-refractivity contribution in [3.8, 4) is 0 Å². The number of carbonyl (C=O) groups is 1. The minimum atomic E-state index is -3.33. The number of nitrogens with one attached hydrogen (secondary N) is 2. The molecule has 16 heavy (non-hydrogen) atoms. The lowest BCUT2D eigenvalue weighted by Crippen LogP contribution is -2.47. The van der Waals surface area contributed by atoms with Crippen molar-refractivity contribution in [2.75, 3.05) is 5.75 Å². The number of sulfonamides is 1. The fourth-order valence-corrected chi connectivity index (χ4v) is 2.42. The van der Waals surface area contributed by atoms with E-state index in [0.29, 0.717) is 6.42 Å². The minimum absolute atomic E-state index is 0.0496. The molecule has 0 saturated carbocycles. The third kappa shape index (κ3) is 6.07. The Morgan fingerprint density at radius 1 is 1.25 bits per heavy atom. The first kappa shape index (κ1) is 15.4. The van der Waals surface area contributed by atoms with E-state index in [4.69, 9.17) is 0 Å². The van der Waals surface area contributed by atoms with Crippen LogP contribution < -0.4 is 10.0 Å². The number of hydrogen-bond acceptors (Lipinski definition) is 3. The van der Waals surface area contributed by atoms with Crippen molar-refractivity contribution >= 4 is 15.9 Å². The maximum Gasteiger partial charge on any atom is 0.238 e. The van der Waals surface area contributed by atoms with Gasteiger partial charge in [-0.3, -0.25) is 4.79 Å². The lowest BCUT2D eigenvalue weighted by molar-refractivity contribution is -0.122. The van der Waals surface area contributed by atoms with E-state index < -0.39 is 16.1 Å². The molecule has 2 atom stereocenters. The molecular weight excluding hydrogens is 228 g/mol. The zero-order valence-electron chi connectivity index (χ0n) is 10.4. The van der Waals surface area contributed by atoms with Gasteiger partial charge in [0, 0.05) is 6.04 Å². The van der Waals surface area contributed by atoms with E-state index in [0.717, 1.165) is 6.42 Å². The Morgan fingerprint density at radius 3 is 2.25 bits per heavy atom. The third-order valence-electron chi connectivity index (χ3n) is 2.22. The second kappa shape index (κ2) is 6.85. The molecule has 0 heterocycles. The van der Waals surface area contributed by atoms with Gasteiger partial charge in [-0.15, -0.1) is 0 Å².